The smallest absolute Gasteiger partial charge is 0.263 e. The van der Waals surface area contributed by atoms with Gasteiger partial charge >= 0.3 is 0 Å². The third-order valence-electron chi connectivity index (χ3n) is 4.81. The van der Waals surface area contributed by atoms with Crippen LogP contribution in [0.25, 0.3) is 10.2 Å². The van der Waals surface area contributed by atoms with Crippen LogP contribution >= 0.6 is 34.7 Å². The predicted molar refractivity (Wildman–Crippen MR) is 126 cm³/mol. The molecule has 0 saturated carbocycles. The summed E-state index contributed by atoms with van der Waals surface area (Å²) in [6.45, 7) is 9.67. The Morgan fingerprint density at radius 1 is 1.33 bits per heavy atom. The second kappa shape index (κ2) is 8.99. The van der Waals surface area contributed by atoms with Crippen molar-refractivity contribution in [2.24, 2.45) is 0 Å². The van der Waals surface area contributed by atoms with E-state index in [0.29, 0.717) is 31.8 Å². The van der Waals surface area contributed by atoms with Gasteiger partial charge in [0.25, 0.3) is 5.56 Å². The van der Waals surface area contributed by atoms with Crippen molar-refractivity contribution >= 4 is 56.5 Å². The van der Waals surface area contributed by atoms with Gasteiger partial charge in [0.2, 0.25) is 5.91 Å². The van der Waals surface area contributed by atoms with Gasteiger partial charge in [-0.05, 0) is 51.8 Å². The average Bonchev–Trinajstić information content (AvgIpc) is 2.96. The van der Waals surface area contributed by atoms with Crippen LogP contribution in [0.5, 0.6) is 5.75 Å². The van der Waals surface area contributed by atoms with Gasteiger partial charge in [0.05, 0.1) is 23.9 Å². The van der Waals surface area contributed by atoms with E-state index >= 15 is 0 Å². The van der Waals surface area contributed by atoms with Crippen molar-refractivity contribution in [2.75, 3.05) is 18.2 Å². The molecule has 3 aromatic rings. The molecule has 0 bridgehead atoms. The molecule has 0 aliphatic carbocycles. The average molecular weight is 466 g/mol. The highest BCUT2D eigenvalue weighted by atomic mass is 35.5. The lowest BCUT2D eigenvalue weighted by atomic mass is 10.2. The molecule has 0 unspecified atom stereocenters. The van der Waals surface area contributed by atoms with E-state index in [1.807, 2.05) is 34.6 Å². The van der Waals surface area contributed by atoms with Gasteiger partial charge in [0, 0.05) is 22.0 Å². The number of aryl methyl sites for hydroxylation is 3. The quantitative estimate of drug-likeness (QED) is 0.392. The van der Waals surface area contributed by atoms with Gasteiger partial charge < -0.3 is 10.1 Å². The summed E-state index contributed by atoms with van der Waals surface area (Å²) in [7, 11) is 1.52. The van der Waals surface area contributed by atoms with Crippen LogP contribution in [-0.2, 0) is 4.79 Å². The summed E-state index contributed by atoms with van der Waals surface area (Å²) in [5, 5.41) is 4.63. The van der Waals surface area contributed by atoms with Crippen molar-refractivity contribution in [3.8, 4) is 5.75 Å². The monoisotopic (exact) mass is 465 g/mol. The number of hydrogen-bond acceptors (Lipinski definition) is 6. The second-order valence-corrected chi connectivity index (χ2v) is 9.82. The number of thioether (sulfide) groups is 1. The number of hydrogen-bond donors (Lipinski definition) is 1. The predicted octanol–water partition coefficient (Wildman–Crippen LogP) is 5.36. The van der Waals surface area contributed by atoms with Crippen LogP contribution in [0.1, 0.15) is 35.9 Å². The van der Waals surface area contributed by atoms with Crippen molar-refractivity contribution in [3.63, 3.8) is 0 Å². The lowest BCUT2D eigenvalue weighted by molar-refractivity contribution is -0.113. The SMILES string of the molecule is COc1cc(Cl)c(C)cc1NC(=O)CSc1nc2sc(C)c(C)c2c(=O)n1C(C)C. The number of amides is 1. The molecule has 0 atom stereocenters. The molecule has 0 aliphatic rings. The van der Waals surface area contributed by atoms with Gasteiger partial charge in [-0.1, -0.05) is 23.4 Å². The van der Waals surface area contributed by atoms with Crippen LogP contribution in [0, 0.1) is 20.8 Å². The van der Waals surface area contributed by atoms with Crippen LogP contribution in [0.4, 0.5) is 5.69 Å². The summed E-state index contributed by atoms with van der Waals surface area (Å²) in [6, 6.07) is 3.38. The van der Waals surface area contributed by atoms with Crippen molar-refractivity contribution in [3.05, 3.63) is 43.5 Å². The number of ether oxygens (including phenoxy) is 1. The number of nitrogens with one attached hydrogen (secondary N) is 1. The van der Waals surface area contributed by atoms with E-state index in [-0.39, 0.29) is 23.3 Å². The zero-order chi connectivity index (χ0) is 22.2. The third-order valence-corrected chi connectivity index (χ3v) is 7.27. The summed E-state index contributed by atoms with van der Waals surface area (Å²) in [4.78, 5) is 32.2. The van der Waals surface area contributed by atoms with E-state index in [1.54, 1.807) is 16.7 Å². The molecule has 9 heteroatoms. The highest BCUT2D eigenvalue weighted by molar-refractivity contribution is 7.99. The van der Waals surface area contributed by atoms with E-state index in [9.17, 15) is 9.59 Å². The number of thiophene rings is 1. The van der Waals surface area contributed by atoms with Gasteiger partial charge in [-0.25, -0.2) is 4.98 Å². The highest BCUT2D eigenvalue weighted by Gasteiger charge is 2.19. The van der Waals surface area contributed by atoms with Gasteiger partial charge in [-0.15, -0.1) is 11.3 Å². The lowest BCUT2D eigenvalue weighted by Crippen LogP contribution is -2.25. The minimum atomic E-state index is -0.219. The summed E-state index contributed by atoms with van der Waals surface area (Å²) in [5.41, 5.74) is 2.31. The van der Waals surface area contributed by atoms with Crippen LogP contribution in [0.15, 0.2) is 22.1 Å². The number of carbonyl (C=O) groups is 1. The fraction of sp³-hybridized carbons (Fsp3) is 0.381. The molecule has 1 aromatic carbocycles. The fourth-order valence-electron chi connectivity index (χ4n) is 3.09. The van der Waals surface area contributed by atoms with Crippen molar-refractivity contribution in [2.45, 2.75) is 45.8 Å². The van der Waals surface area contributed by atoms with Crippen molar-refractivity contribution < 1.29 is 9.53 Å². The second-order valence-electron chi connectivity index (χ2n) is 7.27. The van der Waals surface area contributed by atoms with Gasteiger partial charge in [0.1, 0.15) is 10.6 Å². The first-order valence-corrected chi connectivity index (χ1v) is 11.6. The number of aromatic nitrogens is 2. The molecule has 0 saturated heterocycles. The number of anilines is 1. The van der Waals surface area contributed by atoms with E-state index in [4.69, 9.17) is 21.3 Å². The summed E-state index contributed by atoms with van der Waals surface area (Å²) >= 11 is 8.88. The summed E-state index contributed by atoms with van der Waals surface area (Å²) in [5.74, 6) is 0.383. The van der Waals surface area contributed by atoms with Crippen molar-refractivity contribution in [1.82, 2.24) is 9.55 Å². The molecule has 2 heterocycles. The molecule has 0 fully saturated rings. The normalized spacial score (nSPS) is 11.3. The first-order valence-electron chi connectivity index (χ1n) is 9.43. The Morgan fingerprint density at radius 3 is 2.67 bits per heavy atom. The zero-order valence-corrected chi connectivity index (χ0v) is 20.1. The summed E-state index contributed by atoms with van der Waals surface area (Å²) in [6.07, 6.45) is 0. The lowest BCUT2D eigenvalue weighted by Gasteiger charge is -2.16. The van der Waals surface area contributed by atoms with Gasteiger partial charge in [-0.2, -0.15) is 0 Å². The van der Waals surface area contributed by atoms with Crippen LogP contribution in [-0.4, -0.2) is 28.3 Å². The Balaban J connectivity index is 1.87. The number of nitrogens with zero attached hydrogens (tertiary/aromatic N) is 2. The molecule has 6 nitrogen and oxygen atoms in total. The molecule has 1 amide bonds. The van der Waals surface area contributed by atoms with Gasteiger partial charge in [0.15, 0.2) is 5.16 Å². The van der Waals surface area contributed by atoms with Crippen molar-refractivity contribution in [1.29, 1.82) is 0 Å². The Kier molecular flexibility index (Phi) is 6.79. The molecular formula is C21H24ClN3O3S2. The maximum atomic E-state index is 13.1. The molecule has 0 aliphatic heterocycles. The fourth-order valence-corrected chi connectivity index (χ4v) is 5.24. The molecule has 0 radical (unpaired) electrons. The number of fused-ring (bicyclic) bond motifs is 1. The minimum Gasteiger partial charge on any atom is -0.495 e. The minimum absolute atomic E-state index is 0.0604. The molecule has 160 valence electrons. The summed E-state index contributed by atoms with van der Waals surface area (Å²) < 4.78 is 6.97. The molecule has 3 rings (SSSR count). The highest BCUT2D eigenvalue weighted by Crippen LogP contribution is 2.32. The first-order chi connectivity index (χ1) is 14.1. The number of benzene rings is 1. The number of methoxy groups -OCH3 is 1. The van der Waals surface area contributed by atoms with E-state index < -0.39 is 0 Å². The van der Waals surface area contributed by atoms with Crippen LogP contribution < -0.4 is 15.6 Å². The standard InChI is InChI=1S/C21H24ClN3O3S2/c1-10(2)25-20(27)18-12(4)13(5)30-19(18)24-21(25)29-9-17(26)23-15-7-11(3)14(22)8-16(15)28-6/h7-8,10H,9H2,1-6H3,(H,23,26). The molecule has 1 N–H and O–H groups in total. The maximum Gasteiger partial charge on any atom is 0.263 e. The topological polar surface area (TPSA) is 73.2 Å². The van der Waals surface area contributed by atoms with E-state index in [1.165, 1.54) is 30.2 Å². The Bertz CT molecular complexity index is 1180. The molecule has 0 spiro atoms. The Morgan fingerprint density at radius 2 is 2.03 bits per heavy atom. The first kappa shape index (κ1) is 22.7. The largest absolute Gasteiger partial charge is 0.495 e. The molecular weight excluding hydrogens is 442 g/mol. The number of halogens is 1. The molecule has 2 aromatic heterocycles. The van der Waals surface area contributed by atoms with Gasteiger partial charge in [-0.3, -0.25) is 14.2 Å². The Labute approximate surface area is 188 Å². The maximum absolute atomic E-state index is 13.1. The Hall–Kier alpha value is -2.03. The number of carbonyl (C=O) groups excluding carboxylic acids is 1. The zero-order valence-electron chi connectivity index (χ0n) is 17.8. The van der Waals surface area contributed by atoms with Crippen LogP contribution in [0.2, 0.25) is 5.02 Å². The van der Waals surface area contributed by atoms with Crippen LogP contribution in [0.3, 0.4) is 0 Å². The van der Waals surface area contributed by atoms with E-state index in [0.717, 1.165) is 16.0 Å². The number of rotatable bonds is 6. The third kappa shape index (κ3) is 4.36. The van der Waals surface area contributed by atoms with E-state index in [2.05, 4.69) is 5.32 Å². The molecule has 30 heavy (non-hydrogen) atoms.